The molecule has 1 atom stereocenters. The lowest BCUT2D eigenvalue weighted by atomic mass is 9.75. The Morgan fingerprint density at radius 1 is 1.23 bits per heavy atom. The summed E-state index contributed by atoms with van der Waals surface area (Å²) in [6.07, 6.45) is 12.7. The normalized spacial score (nSPS) is 24.2. The Morgan fingerprint density at radius 3 is 2.62 bits per heavy atom. The fraction of sp³-hybridized carbons (Fsp3) is 0.400. The Balaban J connectivity index is 1.75. The van der Waals surface area contributed by atoms with Crippen LogP contribution in [0.15, 0.2) is 47.5 Å². The van der Waals surface area contributed by atoms with Gasteiger partial charge in [-0.05, 0) is 31.1 Å². The van der Waals surface area contributed by atoms with E-state index in [9.17, 15) is 4.79 Å². The van der Waals surface area contributed by atoms with Gasteiger partial charge in [-0.15, -0.1) is 0 Å². The molecule has 3 heterocycles. The molecule has 6 heteroatoms. The fourth-order valence-electron chi connectivity index (χ4n) is 3.73. The number of aliphatic imine (C=N–C) groups is 1. The van der Waals surface area contributed by atoms with Gasteiger partial charge in [-0.1, -0.05) is 19.9 Å². The van der Waals surface area contributed by atoms with Crippen LogP contribution >= 0.6 is 0 Å². The number of likely N-dealkylation sites (tertiary alicyclic amines) is 1. The van der Waals surface area contributed by atoms with Gasteiger partial charge in [0.2, 0.25) is 5.91 Å². The molecule has 1 aromatic rings. The van der Waals surface area contributed by atoms with Crippen LogP contribution in [0.5, 0.6) is 0 Å². The summed E-state index contributed by atoms with van der Waals surface area (Å²) in [4.78, 5) is 30.1. The predicted octanol–water partition coefficient (Wildman–Crippen LogP) is 2.76. The standard InChI is InChI=1S/C20H23N5O/c1-13-21-10-15(11-22-13)14-5-6-16-17(9-14)25(19(26)20(16,2)3)18-7-8-24(4)12-23-18/h5,7-11,16H,6,12H2,1-4H3. The Kier molecular flexibility index (Phi) is 3.79. The van der Waals surface area contributed by atoms with Gasteiger partial charge in [0.25, 0.3) is 0 Å². The lowest BCUT2D eigenvalue weighted by Crippen LogP contribution is -2.36. The molecule has 1 amide bonds. The third-order valence-electron chi connectivity index (χ3n) is 5.39. The summed E-state index contributed by atoms with van der Waals surface area (Å²) < 4.78 is 0. The third-order valence-corrected chi connectivity index (χ3v) is 5.39. The number of hydrogen-bond donors (Lipinski definition) is 0. The Morgan fingerprint density at radius 2 is 1.96 bits per heavy atom. The molecule has 1 saturated heterocycles. The molecule has 1 aliphatic carbocycles. The number of hydrogen-bond acceptors (Lipinski definition) is 5. The number of rotatable bonds is 1. The summed E-state index contributed by atoms with van der Waals surface area (Å²) >= 11 is 0. The summed E-state index contributed by atoms with van der Waals surface area (Å²) in [5, 5.41) is 0. The number of aromatic nitrogens is 2. The number of allylic oxidation sites excluding steroid dienone is 4. The van der Waals surface area contributed by atoms with Gasteiger partial charge < -0.3 is 4.90 Å². The molecule has 2 aliphatic heterocycles. The second kappa shape index (κ2) is 5.90. The average molecular weight is 349 g/mol. The Bertz CT molecular complexity index is 876. The zero-order chi connectivity index (χ0) is 18.5. The molecule has 1 unspecified atom stereocenters. The quantitative estimate of drug-likeness (QED) is 0.782. The zero-order valence-corrected chi connectivity index (χ0v) is 15.6. The van der Waals surface area contributed by atoms with Crippen molar-refractivity contribution in [2.24, 2.45) is 16.3 Å². The topological polar surface area (TPSA) is 61.7 Å². The van der Waals surface area contributed by atoms with Crippen LogP contribution in [-0.4, -0.2) is 45.2 Å². The van der Waals surface area contributed by atoms with Crippen LogP contribution < -0.4 is 0 Å². The first kappa shape index (κ1) is 16.7. The molecule has 3 aliphatic rings. The summed E-state index contributed by atoms with van der Waals surface area (Å²) in [6.45, 7) is 6.49. The SMILES string of the molecule is Cc1ncc(C2=CCC3C(=C2)N(C2=NCN(C)C=C2)C(=O)C3(C)C)cn1. The highest BCUT2D eigenvalue weighted by Gasteiger charge is 2.52. The lowest BCUT2D eigenvalue weighted by molar-refractivity contribution is -0.131. The van der Waals surface area contributed by atoms with Crippen LogP contribution in [0.1, 0.15) is 31.7 Å². The van der Waals surface area contributed by atoms with Gasteiger partial charge in [0.1, 0.15) is 18.3 Å². The first-order chi connectivity index (χ1) is 12.4. The lowest BCUT2D eigenvalue weighted by Gasteiger charge is -2.27. The predicted molar refractivity (Wildman–Crippen MR) is 101 cm³/mol. The maximum Gasteiger partial charge on any atom is 0.238 e. The van der Waals surface area contributed by atoms with E-state index in [2.05, 4.69) is 27.1 Å². The molecule has 0 bridgehead atoms. The number of amidine groups is 1. The maximum atomic E-state index is 13.2. The highest BCUT2D eigenvalue weighted by atomic mass is 16.2. The molecular formula is C20H23N5O. The summed E-state index contributed by atoms with van der Waals surface area (Å²) in [7, 11) is 1.97. The van der Waals surface area contributed by atoms with Crippen molar-refractivity contribution in [3.63, 3.8) is 0 Å². The number of aryl methyl sites for hydroxylation is 1. The molecule has 4 rings (SSSR count). The molecule has 134 valence electrons. The van der Waals surface area contributed by atoms with Crippen LogP contribution in [0.3, 0.4) is 0 Å². The summed E-state index contributed by atoms with van der Waals surface area (Å²) in [5.41, 5.74) is 2.60. The Hall–Kier alpha value is -2.76. The fourth-order valence-corrected chi connectivity index (χ4v) is 3.73. The number of carbonyl (C=O) groups is 1. The van der Waals surface area contributed by atoms with E-state index in [0.29, 0.717) is 6.67 Å². The van der Waals surface area contributed by atoms with Crippen LogP contribution in [0, 0.1) is 18.3 Å². The molecule has 1 aromatic heterocycles. The molecule has 1 fully saturated rings. The van der Waals surface area contributed by atoms with Crippen molar-refractivity contribution >= 4 is 17.3 Å². The van der Waals surface area contributed by atoms with Crippen molar-refractivity contribution < 1.29 is 4.79 Å². The van der Waals surface area contributed by atoms with E-state index in [1.165, 1.54) is 0 Å². The van der Waals surface area contributed by atoms with Crippen molar-refractivity contribution in [1.29, 1.82) is 0 Å². The van der Waals surface area contributed by atoms with Crippen LogP contribution in [0.25, 0.3) is 5.57 Å². The van der Waals surface area contributed by atoms with Gasteiger partial charge in [0.05, 0.1) is 5.41 Å². The largest absolute Gasteiger partial charge is 0.361 e. The number of fused-ring (bicyclic) bond motifs is 1. The van der Waals surface area contributed by atoms with E-state index in [4.69, 9.17) is 0 Å². The molecule has 0 spiro atoms. The van der Waals surface area contributed by atoms with Crippen molar-refractivity contribution in [3.05, 3.63) is 53.9 Å². The van der Waals surface area contributed by atoms with Gasteiger partial charge in [0, 0.05) is 42.8 Å². The van der Waals surface area contributed by atoms with Gasteiger partial charge in [-0.25, -0.2) is 15.0 Å². The van der Waals surface area contributed by atoms with Gasteiger partial charge in [-0.3, -0.25) is 9.69 Å². The second-order valence-corrected chi connectivity index (χ2v) is 7.63. The third kappa shape index (κ3) is 2.57. The minimum atomic E-state index is -0.447. The highest BCUT2D eigenvalue weighted by molar-refractivity contribution is 6.10. The monoisotopic (exact) mass is 349 g/mol. The average Bonchev–Trinajstić information content (AvgIpc) is 2.83. The number of amides is 1. The van der Waals surface area contributed by atoms with E-state index in [1.54, 1.807) is 4.90 Å². The van der Waals surface area contributed by atoms with E-state index in [0.717, 1.165) is 34.9 Å². The molecule has 0 aromatic carbocycles. The van der Waals surface area contributed by atoms with E-state index in [-0.39, 0.29) is 11.8 Å². The van der Waals surface area contributed by atoms with Gasteiger partial charge >= 0.3 is 0 Å². The summed E-state index contributed by atoms with van der Waals surface area (Å²) in [5.74, 6) is 1.73. The molecule has 0 saturated carbocycles. The minimum Gasteiger partial charge on any atom is -0.361 e. The van der Waals surface area contributed by atoms with Crippen LogP contribution in [0.2, 0.25) is 0 Å². The number of nitrogens with zero attached hydrogens (tertiary/aromatic N) is 5. The smallest absolute Gasteiger partial charge is 0.238 e. The molecule has 26 heavy (non-hydrogen) atoms. The molecular weight excluding hydrogens is 326 g/mol. The van der Waals surface area contributed by atoms with E-state index >= 15 is 0 Å². The van der Waals surface area contributed by atoms with Crippen molar-refractivity contribution in [2.45, 2.75) is 27.2 Å². The van der Waals surface area contributed by atoms with Crippen molar-refractivity contribution in [3.8, 4) is 0 Å². The minimum absolute atomic E-state index is 0.108. The van der Waals surface area contributed by atoms with Gasteiger partial charge in [0.15, 0.2) is 0 Å². The zero-order valence-electron chi connectivity index (χ0n) is 15.6. The van der Waals surface area contributed by atoms with Crippen LogP contribution in [0.4, 0.5) is 0 Å². The Labute approximate surface area is 153 Å². The van der Waals surface area contributed by atoms with Crippen molar-refractivity contribution in [2.75, 3.05) is 13.7 Å². The first-order valence-electron chi connectivity index (χ1n) is 8.86. The maximum absolute atomic E-state index is 13.2. The van der Waals surface area contributed by atoms with Crippen LogP contribution in [-0.2, 0) is 4.79 Å². The second-order valence-electron chi connectivity index (χ2n) is 7.63. The van der Waals surface area contributed by atoms with E-state index in [1.807, 2.05) is 57.4 Å². The molecule has 6 nitrogen and oxygen atoms in total. The summed E-state index contributed by atoms with van der Waals surface area (Å²) in [6, 6.07) is 0. The molecule has 0 N–H and O–H groups in total. The van der Waals surface area contributed by atoms with Crippen molar-refractivity contribution in [1.82, 2.24) is 19.8 Å². The van der Waals surface area contributed by atoms with E-state index < -0.39 is 5.41 Å². The first-order valence-corrected chi connectivity index (χ1v) is 8.86. The number of carbonyl (C=O) groups excluding carboxylic acids is 1. The van der Waals surface area contributed by atoms with Gasteiger partial charge in [-0.2, -0.15) is 0 Å². The molecule has 0 radical (unpaired) electrons. The highest BCUT2D eigenvalue weighted by Crippen LogP contribution is 2.49.